The zero-order valence-electron chi connectivity index (χ0n) is 20.3. The molecule has 1 aliphatic carbocycles. The maximum Gasteiger partial charge on any atom is 0.216 e. The van der Waals surface area contributed by atoms with Crippen molar-refractivity contribution in [1.29, 1.82) is 0 Å². The molecule has 0 saturated heterocycles. The number of hydrogen-bond donors (Lipinski definition) is 2. The summed E-state index contributed by atoms with van der Waals surface area (Å²) in [5, 5.41) is 14.3. The monoisotopic (exact) mass is 511 g/mol. The van der Waals surface area contributed by atoms with E-state index in [-0.39, 0.29) is 29.7 Å². The summed E-state index contributed by atoms with van der Waals surface area (Å²) in [6.07, 6.45) is 4.04. The summed E-state index contributed by atoms with van der Waals surface area (Å²) in [5.41, 5.74) is 3.07. The Balaban J connectivity index is 1.41. The van der Waals surface area contributed by atoms with Crippen molar-refractivity contribution in [2.24, 2.45) is 0 Å². The Morgan fingerprint density at radius 3 is 2.47 bits per heavy atom. The van der Waals surface area contributed by atoms with Crippen LogP contribution in [0.15, 0.2) is 60.7 Å². The number of nitrogens with one attached hydrogen (secondary N) is 1. The van der Waals surface area contributed by atoms with Crippen LogP contribution in [0.25, 0.3) is 11.1 Å². The fourth-order valence-corrected chi connectivity index (χ4v) is 4.67. The SMILES string of the molecule is CC(=O)NCCc1c(O)cc(OC2CCC(OCc3ccc(Cl)cc3)CC2)cc1-c1cccc(F)c1. The summed E-state index contributed by atoms with van der Waals surface area (Å²) >= 11 is 5.94. The van der Waals surface area contributed by atoms with Gasteiger partial charge in [-0.1, -0.05) is 35.9 Å². The van der Waals surface area contributed by atoms with Gasteiger partial charge in [0.25, 0.3) is 0 Å². The molecule has 0 bridgehead atoms. The van der Waals surface area contributed by atoms with Gasteiger partial charge in [0.2, 0.25) is 5.91 Å². The van der Waals surface area contributed by atoms with E-state index in [9.17, 15) is 14.3 Å². The summed E-state index contributed by atoms with van der Waals surface area (Å²) in [6.45, 7) is 2.37. The van der Waals surface area contributed by atoms with Gasteiger partial charge in [-0.15, -0.1) is 0 Å². The van der Waals surface area contributed by atoms with E-state index in [0.29, 0.717) is 47.0 Å². The zero-order valence-corrected chi connectivity index (χ0v) is 21.1. The number of amides is 1. The number of aromatic hydroxyl groups is 1. The van der Waals surface area contributed by atoms with Crippen molar-refractivity contribution in [1.82, 2.24) is 5.32 Å². The number of phenolic OH excluding ortho intramolecular Hbond substituents is 1. The van der Waals surface area contributed by atoms with Crippen LogP contribution >= 0.6 is 11.6 Å². The van der Waals surface area contributed by atoms with Crippen LogP contribution in [0, 0.1) is 5.82 Å². The van der Waals surface area contributed by atoms with Crippen molar-refractivity contribution in [3.8, 4) is 22.6 Å². The average molecular weight is 512 g/mol. The predicted octanol–water partition coefficient (Wildman–Crippen LogP) is 6.44. The van der Waals surface area contributed by atoms with Crippen molar-refractivity contribution in [2.75, 3.05) is 6.54 Å². The molecule has 1 aliphatic rings. The number of ether oxygens (including phenoxy) is 2. The second-order valence-electron chi connectivity index (χ2n) is 9.17. The van der Waals surface area contributed by atoms with Crippen molar-refractivity contribution in [3.05, 3.63) is 82.6 Å². The van der Waals surface area contributed by atoms with Gasteiger partial charge in [0.05, 0.1) is 18.8 Å². The molecule has 0 heterocycles. The van der Waals surface area contributed by atoms with Gasteiger partial charge < -0.3 is 19.9 Å². The Hall–Kier alpha value is -3.09. The first-order valence-corrected chi connectivity index (χ1v) is 12.6. The van der Waals surface area contributed by atoms with Crippen LogP contribution in [0.4, 0.5) is 4.39 Å². The molecule has 1 fully saturated rings. The Morgan fingerprint density at radius 1 is 1.06 bits per heavy atom. The Kier molecular flexibility index (Phi) is 8.83. The van der Waals surface area contributed by atoms with Gasteiger partial charge in [-0.3, -0.25) is 4.79 Å². The van der Waals surface area contributed by atoms with Crippen LogP contribution in [0.2, 0.25) is 5.02 Å². The van der Waals surface area contributed by atoms with Gasteiger partial charge in [0.1, 0.15) is 17.3 Å². The summed E-state index contributed by atoms with van der Waals surface area (Å²) in [7, 11) is 0. The highest BCUT2D eigenvalue weighted by molar-refractivity contribution is 6.30. The van der Waals surface area contributed by atoms with Gasteiger partial charge in [-0.05, 0) is 79.1 Å². The van der Waals surface area contributed by atoms with Crippen molar-refractivity contribution >= 4 is 17.5 Å². The van der Waals surface area contributed by atoms with Crippen molar-refractivity contribution in [2.45, 2.75) is 57.8 Å². The van der Waals surface area contributed by atoms with E-state index >= 15 is 0 Å². The van der Waals surface area contributed by atoms with Gasteiger partial charge in [0, 0.05) is 30.1 Å². The largest absolute Gasteiger partial charge is 0.508 e. The maximum atomic E-state index is 14.0. The molecule has 0 atom stereocenters. The van der Waals surface area contributed by atoms with Crippen LogP contribution in [-0.2, 0) is 22.6 Å². The van der Waals surface area contributed by atoms with E-state index < -0.39 is 0 Å². The van der Waals surface area contributed by atoms with Crippen LogP contribution in [0.3, 0.4) is 0 Å². The molecule has 1 saturated carbocycles. The minimum absolute atomic E-state index is 0.00497. The van der Waals surface area contributed by atoms with E-state index in [1.807, 2.05) is 30.3 Å². The Bertz CT molecular complexity index is 1180. The number of hydrogen-bond acceptors (Lipinski definition) is 4. The molecular weight excluding hydrogens is 481 g/mol. The van der Waals surface area contributed by atoms with E-state index in [4.69, 9.17) is 21.1 Å². The molecule has 5 nitrogen and oxygen atoms in total. The van der Waals surface area contributed by atoms with E-state index in [1.54, 1.807) is 18.2 Å². The highest BCUT2D eigenvalue weighted by atomic mass is 35.5. The van der Waals surface area contributed by atoms with Crippen LogP contribution in [-0.4, -0.2) is 29.8 Å². The topological polar surface area (TPSA) is 67.8 Å². The van der Waals surface area contributed by atoms with Gasteiger partial charge in [-0.25, -0.2) is 4.39 Å². The summed E-state index contributed by atoms with van der Waals surface area (Å²) in [5.74, 6) is 0.107. The fraction of sp³-hybridized carbons (Fsp3) is 0.345. The fourth-order valence-electron chi connectivity index (χ4n) is 4.54. The smallest absolute Gasteiger partial charge is 0.216 e. The first-order chi connectivity index (χ1) is 17.4. The molecule has 7 heteroatoms. The summed E-state index contributed by atoms with van der Waals surface area (Å²) in [4.78, 5) is 11.3. The lowest BCUT2D eigenvalue weighted by Crippen LogP contribution is -2.28. The first kappa shape index (κ1) is 26.0. The van der Waals surface area contributed by atoms with Crippen LogP contribution < -0.4 is 10.1 Å². The minimum Gasteiger partial charge on any atom is -0.508 e. The molecular formula is C29H31ClFNO4. The number of benzene rings is 3. The minimum atomic E-state index is -0.358. The molecule has 3 aromatic rings. The number of carbonyl (C=O) groups excluding carboxylic acids is 1. The number of rotatable bonds is 9. The quantitative estimate of drug-likeness (QED) is 0.347. The highest BCUT2D eigenvalue weighted by Gasteiger charge is 2.24. The molecule has 0 aliphatic heterocycles. The highest BCUT2D eigenvalue weighted by Crippen LogP contribution is 2.37. The van der Waals surface area contributed by atoms with Gasteiger partial charge in [0.15, 0.2) is 0 Å². The normalized spacial score (nSPS) is 17.5. The number of phenols is 1. The molecule has 3 aromatic carbocycles. The second kappa shape index (κ2) is 12.2. The third-order valence-electron chi connectivity index (χ3n) is 6.41. The molecule has 0 spiro atoms. The van der Waals surface area contributed by atoms with E-state index in [0.717, 1.165) is 31.2 Å². The van der Waals surface area contributed by atoms with Crippen LogP contribution in [0.1, 0.15) is 43.7 Å². The molecule has 2 N–H and O–H groups in total. The standard InChI is InChI=1S/C29H31ClFNO4/c1-19(33)32-14-13-27-28(21-3-2-4-23(31)15-21)16-26(17-29(27)34)36-25-11-9-24(10-12-25)35-18-20-5-7-22(30)8-6-20/h2-8,15-17,24-25,34H,9-14,18H2,1H3,(H,32,33). The predicted molar refractivity (Wildman–Crippen MR) is 139 cm³/mol. The van der Waals surface area contributed by atoms with Crippen LogP contribution in [0.5, 0.6) is 11.5 Å². The zero-order chi connectivity index (χ0) is 25.5. The lowest BCUT2D eigenvalue weighted by molar-refractivity contribution is -0.118. The Labute approximate surface area is 216 Å². The molecule has 0 radical (unpaired) electrons. The summed E-state index contributed by atoms with van der Waals surface area (Å²) in [6, 6.07) is 17.4. The molecule has 190 valence electrons. The van der Waals surface area contributed by atoms with E-state index in [2.05, 4.69) is 5.32 Å². The Morgan fingerprint density at radius 2 is 1.78 bits per heavy atom. The number of carbonyl (C=O) groups is 1. The molecule has 0 unspecified atom stereocenters. The maximum absolute atomic E-state index is 14.0. The van der Waals surface area contributed by atoms with Crippen molar-refractivity contribution in [3.63, 3.8) is 0 Å². The van der Waals surface area contributed by atoms with Gasteiger partial charge in [-0.2, -0.15) is 0 Å². The third-order valence-corrected chi connectivity index (χ3v) is 6.66. The molecule has 0 aromatic heterocycles. The third kappa shape index (κ3) is 7.21. The molecule has 1 amide bonds. The van der Waals surface area contributed by atoms with Gasteiger partial charge >= 0.3 is 0 Å². The van der Waals surface area contributed by atoms with E-state index in [1.165, 1.54) is 19.1 Å². The first-order valence-electron chi connectivity index (χ1n) is 12.3. The lowest BCUT2D eigenvalue weighted by Gasteiger charge is -2.29. The van der Waals surface area contributed by atoms with Crippen molar-refractivity contribution < 1.29 is 23.8 Å². The average Bonchev–Trinajstić information content (AvgIpc) is 2.85. The molecule has 4 rings (SSSR count). The number of halogens is 2. The molecule has 36 heavy (non-hydrogen) atoms. The summed E-state index contributed by atoms with van der Waals surface area (Å²) < 4.78 is 26.3. The second-order valence-corrected chi connectivity index (χ2v) is 9.60. The lowest BCUT2D eigenvalue weighted by atomic mass is 9.94.